The molecule has 262 valence electrons. The van der Waals surface area contributed by atoms with E-state index in [0.29, 0.717) is 45.7 Å². The number of nitrogen functional groups attached to an aromatic ring is 1. The molecule has 0 saturated carbocycles. The molecule has 2 heterocycles. The summed E-state index contributed by atoms with van der Waals surface area (Å²) in [6, 6.07) is 13.7. The molecule has 1 aliphatic rings. The normalized spacial score (nSPS) is 14.4. The van der Waals surface area contributed by atoms with Crippen molar-refractivity contribution in [3.05, 3.63) is 95.0 Å². The zero-order valence-electron chi connectivity index (χ0n) is 28.7. The molecule has 13 nitrogen and oxygen atoms in total. The first kappa shape index (κ1) is 35.7. The standard InChI is InChI=1S/C36H40ClN7O6/c1-36(2,3)50-35(48)43(6)16-15-39-33(46)21-11-13-27-22(17-21)18-28(41-27)31(45)25-20-40-44(32(25)38)29-14-12-23(19-26(29)37)49-30-10-8-7-9-24(30)34(47)42(4)5/h7-14,17-18,20,26,41H,15-16,19,38H2,1-6H3,(H,39,46). The van der Waals surface area contributed by atoms with E-state index in [0.717, 1.165) is 0 Å². The van der Waals surface area contributed by atoms with Crippen LogP contribution in [0.5, 0.6) is 5.75 Å². The van der Waals surface area contributed by atoms with Crippen molar-refractivity contribution in [2.24, 2.45) is 0 Å². The van der Waals surface area contributed by atoms with Gasteiger partial charge in [-0.15, -0.1) is 11.6 Å². The maximum Gasteiger partial charge on any atom is 0.410 e. The molecule has 0 spiro atoms. The zero-order valence-corrected chi connectivity index (χ0v) is 29.5. The van der Waals surface area contributed by atoms with Crippen LogP contribution in [0.2, 0.25) is 0 Å². The number of hydrogen-bond acceptors (Lipinski definition) is 8. The molecule has 14 heteroatoms. The van der Waals surface area contributed by atoms with Crippen molar-refractivity contribution in [3.63, 3.8) is 0 Å². The fourth-order valence-corrected chi connectivity index (χ4v) is 5.49. The molecule has 1 unspecified atom stereocenters. The Morgan fingerprint density at radius 1 is 1.06 bits per heavy atom. The fourth-order valence-electron chi connectivity index (χ4n) is 5.18. The average Bonchev–Trinajstić information content (AvgIpc) is 3.66. The Kier molecular flexibility index (Phi) is 10.4. The summed E-state index contributed by atoms with van der Waals surface area (Å²) in [5.41, 5.74) is 8.29. The first-order valence-electron chi connectivity index (χ1n) is 15.9. The summed E-state index contributed by atoms with van der Waals surface area (Å²) in [5.74, 6) is 0.185. The number of halogens is 1. The fraction of sp³-hybridized carbons (Fsp3) is 0.306. The van der Waals surface area contributed by atoms with Gasteiger partial charge in [0, 0.05) is 57.1 Å². The first-order valence-corrected chi connectivity index (χ1v) is 16.3. The molecule has 0 saturated heterocycles. The van der Waals surface area contributed by atoms with Crippen molar-refractivity contribution in [1.82, 2.24) is 29.9 Å². The Hall–Kier alpha value is -5.56. The van der Waals surface area contributed by atoms with Crippen LogP contribution in [0, 0.1) is 0 Å². The van der Waals surface area contributed by atoms with E-state index in [-0.39, 0.29) is 47.8 Å². The second-order valence-electron chi connectivity index (χ2n) is 13.0. The number of aromatic nitrogens is 3. The summed E-state index contributed by atoms with van der Waals surface area (Å²) in [6.45, 7) is 5.85. The van der Waals surface area contributed by atoms with E-state index in [4.69, 9.17) is 26.8 Å². The Labute approximate surface area is 294 Å². The van der Waals surface area contributed by atoms with Crippen LogP contribution in [-0.4, -0.2) is 93.5 Å². The lowest BCUT2D eigenvalue weighted by Crippen LogP contribution is -2.39. The minimum atomic E-state index is -0.615. The van der Waals surface area contributed by atoms with Gasteiger partial charge in [0.2, 0.25) is 5.78 Å². The molecule has 50 heavy (non-hydrogen) atoms. The van der Waals surface area contributed by atoms with Crippen molar-refractivity contribution < 1.29 is 28.7 Å². The lowest BCUT2D eigenvalue weighted by Gasteiger charge is -2.24. The van der Waals surface area contributed by atoms with E-state index < -0.39 is 17.1 Å². The van der Waals surface area contributed by atoms with Crippen LogP contribution in [0.25, 0.3) is 16.6 Å². The Balaban J connectivity index is 1.26. The van der Waals surface area contributed by atoms with Crippen molar-refractivity contribution in [2.75, 3.05) is 40.0 Å². The van der Waals surface area contributed by atoms with E-state index in [1.165, 1.54) is 20.7 Å². The quantitative estimate of drug-likeness (QED) is 0.148. The van der Waals surface area contributed by atoms with Crippen LogP contribution >= 0.6 is 11.6 Å². The summed E-state index contributed by atoms with van der Waals surface area (Å²) in [4.78, 5) is 57.1. The number of nitrogens with two attached hydrogens (primary N) is 1. The molecule has 1 aliphatic carbocycles. The van der Waals surface area contributed by atoms with Gasteiger partial charge in [-0.1, -0.05) is 12.1 Å². The Morgan fingerprint density at radius 2 is 1.80 bits per heavy atom. The van der Waals surface area contributed by atoms with Gasteiger partial charge >= 0.3 is 6.09 Å². The highest BCUT2D eigenvalue weighted by Gasteiger charge is 2.27. The molecule has 0 aliphatic heterocycles. The number of ether oxygens (including phenoxy) is 2. The first-order chi connectivity index (χ1) is 23.6. The number of H-pyrrole nitrogens is 1. The van der Waals surface area contributed by atoms with Crippen molar-refractivity contribution in [1.29, 1.82) is 0 Å². The van der Waals surface area contributed by atoms with Gasteiger partial charge in [0.15, 0.2) is 0 Å². The SMILES string of the molecule is CN(C)C(=O)c1ccccc1OC1=CC=C(n2ncc(C(=O)c3cc4cc(C(=O)NCCN(C)C(=O)OC(C)(C)C)ccc4[nH]3)c2N)C(Cl)C1. The number of anilines is 1. The third-order valence-electron chi connectivity index (χ3n) is 7.77. The number of ketones is 1. The Morgan fingerprint density at radius 3 is 2.50 bits per heavy atom. The highest BCUT2D eigenvalue weighted by molar-refractivity contribution is 6.26. The molecule has 0 bridgehead atoms. The number of para-hydroxylation sites is 1. The highest BCUT2D eigenvalue weighted by Crippen LogP contribution is 2.33. The highest BCUT2D eigenvalue weighted by atomic mass is 35.5. The second-order valence-corrected chi connectivity index (χ2v) is 13.5. The number of nitrogens with zero attached hydrogens (tertiary/aromatic N) is 4. The summed E-state index contributed by atoms with van der Waals surface area (Å²) >= 11 is 6.76. The molecule has 2 aromatic carbocycles. The summed E-state index contributed by atoms with van der Waals surface area (Å²) < 4.78 is 12.8. The van der Waals surface area contributed by atoms with Crippen LogP contribution in [0.3, 0.4) is 0 Å². The largest absolute Gasteiger partial charge is 0.461 e. The molecule has 0 fully saturated rings. The van der Waals surface area contributed by atoms with Crippen LogP contribution in [0.4, 0.5) is 10.6 Å². The van der Waals surface area contributed by atoms with Crippen molar-refractivity contribution in [3.8, 4) is 5.75 Å². The van der Waals surface area contributed by atoms with Gasteiger partial charge in [-0.25, -0.2) is 9.48 Å². The average molecular weight is 702 g/mol. The third-order valence-corrected chi connectivity index (χ3v) is 8.15. The lowest BCUT2D eigenvalue weighted by molar-refractivity contribution is 0.0299. The molecule has 4 N–H and O–H groups in total. The molecule has 4 aromatic rings. The number of benzene rings is 2. The summed E-state index contributed by atoms with van der Waals surface area (Å²) in [5, 5.41) is 7.23. The third kappa shape index (κ3) is 8.00. The van der Waals surface area contributed by atoms with Crippen LogP contribution in [0.1, 0.15) is 64.0 Å². The van der Waals surface area contributed by atoms with E-state index in [1.54, 1.807) is 103 Å². The molecule has 5 rings (SSSR count). The maximum atomic E-state index is 13.6. The topological polar surface area (TPSA) is 165 Å². The van der Waals surface area contributed by atoms with E-state index in [9.17, 15) is 19.2 Å². The van der Waals surface area contributed by atoms with Crippen molar-refractivity contribution >= 4 is 57.7 Å². The number of nitrogens with one attached hydrogen (secondary N) is 2. The number of fused-ring (bicyclic) bond motifs is 1. The van der Waals surface area contributed by atoms with Gasteiger partial charge in [-0.05, 0) is 69.3 Å². The summed E-state index contributed by atoms with van der Waals surface area (Å²) in [7, 11) is 4.94. The van der Waals surface area contributed by atoms with Crippen LogP contribution in [0.15, 0.2) is 72.6 Å². The van der Waals surface area contributed by atoms with Crippen LogP contribution in [-0.2, 0) is 4.74 Å². The number of allylic oxidation sites excluding steroid dienone is 4. The predicted octanol–water partition coefficient (Wildman–Crippen LogP) is 5.29. The molecule has 2 aromatic heterocycles. The number of carbonyl (C=O) groups excluding carboxylic acids is 4. The van der Waals surface area contributed by atoms with E-state index >= 15 is 0 Å². The smallest absolute Gasteiger partial charge is 0.410 e. The molecule has 0 radical (unpaired) electrons. The van der Waals surface area contributed by atoms with Gasteiger partial charge in [0.05, 0.1) is 34.1 Å². The van der Waals surface area contributed by atoms with Gasteiger partial charge in [-0.2, -0.15) is 5.10 Å². The monoisotopic (exact) mass is 701 g/mol. The summed E-state index contributed by atoms with van der Waals surface area (Å²) in [6.07, 6.45) is 4.65. The Bertz CT molecular complexity index is 2020. The molecule has 3 amide bonds. The van der Waals surface area contributed by atoms with Gasteiger partial charge < -0.3 is 35.3 Å². The van der Waals surface area contributed by atoms with Crippen LogP contribution < -0.4 is 15.8 Å². The van der Waals surface area contributed by atoms with Crippen molar-refractivity contribution in [2.45, 2.75) is 38.2 Å². The van der Waals surface area contributed by atoms with E-state index in [2.05, 4.69) is 15.4 Å². The molecular weight excluding hydrogens is 662 g/mol. The lowest BCUT2D eigenvalue weighted by atomic mass is 10.1. The minimum Gasteiger partial charge on any atom is -0.461 e. The number of likely N-dealkylation sites (N-methyl/N-ethyl adjacent to an activating group) is 1. The maximum absolute atomic E-state index is 13.6. The number of aromatic amines is 1. The zero-order chi connectivity index (χ0) is 36.3. The predicted molar refractivity (Wildman–Crippen MR) is 191 cm³/mol. The van der Waals surface area contributed by atoms with Gasteiger partial charge in [0.25, 0.3) is 11.8 Å². The van der Waals surface area contributed by atoms with E-state index in [1.807, 2.05) is 0 Å². The van der Waals surface area contributed by atoms with Gasteiger partial charge in [0.1, 0.15) is 22.9 Å². The number of rotatable bonds is 10. The number of amides is 3. The minimum absolute atomic E-state index is 0.113. The number of carbonyl (C=O) groups is 4. The second kappa shape index (κ2) is 14.5. The van der Waals surface area contributed by atoms with Gasteiger partial charge in [-0.3, -0.25) is 14.4 Å². The molecular formula is C36H40ClN7O6. The number of hydrogen-bond donors (Lipinski definition) is 3. The number of alkyl halides is 1. The molecule has 1 atom stereocenters.